The van der Waals surface area contributed by atoms with Crippen molar-refractivity contribution in [1.82, 2.24) is 14.8 Å². The van der Waals surface area contributed by atoms with Crippen molar-refractivity contribution >= 4 is 28.7 Å². The van der Waals surface area contributed by atoms with Gasteiger partial charge in [-0.15, -0.1) is 21.5 Å². The summed E-state index contributed by atoms with van der Waals surface area (Å²) in [7, 11) is 1.38. The maximum atomic E-state index is 12.1. The molecule has 0 bridgehead atoms. The first kappa shape index (κ1) is 18.4. The van der Waals surface area contributed by atoms with Crippen LogP contribution in [0.5, 0.6) is 0 Å². The lowest BCUT2D eigenvalue weighted by Gasteiger charge is -2.11. The van der Waals surface area contributed by atoms with Gasteiger partial charge in [0.15, 0.2) is 5.82 Å². The third-order valence-electron chi connectivity index (χ3n) is 5.01. The summed E-state index contributed by atoms with van der Waals surface area (Å²) in [6.45, 7) is 6.10. The number of carbonyl (C=O) groups is 1. The van der Waals surface area contributed by atoms with Crippen LogP contribution in [0, 0.1) is 20.8 Å². The molecule has 7 nitrogen and oxygen atoms in total. The van der Waals surface area contributed by atoms with Crippen LogP contribution in [0.4, 0.5) is 5.69 Å². The minimum absolute atomic E-state index is 0.0973. The lowest BCUT2D eigenvalue weighted by Crippen LogP contribution is -2.12. The lowest BCUT2D eigenvalue weighted by molar-refractivity contribution is -0.141. The molecule has 0 amide bonds. The van der Waals surface area contributed by atoms with E-state index in [4.69, 9.17) is 15.5 Å². The molecule has 2 aromatic heterocycles. The van der Waals surface area contributed by atoms with E-state index >= 15 is 0 Å². The van der Waals surface area contributed by atoms with Crippen LogP contribution in [-0.2, 0) is 9.53 Å². The van der Waals surface area contributed by atoms with Gasteiger partial charge >= 0.3 is 5.97 Å². The molecule has 1 aromatic carbocycles. The fraction of sp³-hybridized carbons (Fsp3) is 0.300. The number of thiophene rings is 1. The molecule has 0 spiro atoms. The molecule has 28 heavy (non-hydrogen) atoms. The highest BCUT2D eigenvalue weighted by atomic mass is 32.1. The minimum Gasteiger partial charge on any atom is -0.469 e. The highest BCUT2D eigenvalue weighted by Gasteiger charge is 2.32. The van der Waals surface area contributed by atoms with Crippen molar-refractivity contribution < 1.29 is 9.53 Å². The molecule has 0 saturated heterocycles. The Hall–Kier alpha value is -3.00. The van der Waals surface area contributed by atoms with E-state index in [1.165, 1.54) is 12.0 Å². The van der Waals surface area contributed by atoms with Crippen LogP contribution in [0.3, 0.4) is 0 Å². The number of hydrogen-bond acceptors (Lipinski definition) is 7. The van der Waals surface area contributed by atoms with Crippen LogP contribution in [0.1, 0.15) is 45.7 Å². The first-order chi connectivity index (χ1) is 13.4. The number of aromatic nitrogens is 3. The van der Waals surface area contributed by atoms with Crippen molar-refractivity contribution in [2.24, 2.45) is 4.99 Å². The molecule has 0 radical (unpaired) electrons. The summed E-state index contributed by atoms with van der Waals surface area (Å²) in [4.78, 5) is 18.3. The number of rotatable bonds is 3. The van der Waals surface area contributed by atoms with Crippen molar-refractivity contribution in [2.45, 2.75) is 33.2 Å². The van der Waals surface area contributed by atoms with Gasteiger partial charge in [-0.1, -0.05) is 12.1 Å². The molecule has 1 aliphatic heterocycles. The maximum absolute atomic E-state index is 12.1. The van der Waals surface area contributed by atoms with Gasteiger partial charge in [0.25, 0.3) is 0 Å². The Labute approximate surface area is 166 Å². The topological polar surface area (TPSA) is 95.4 Å². The van der Waals surface area contributed by atoms with Crippen molar-refractivity contribution in [2.75, 3.05) is 12.8 Å². The van der Waals surface area contributed by atoms with E-state index in [1.54, 1.807) is 11.3 Å². The molecule has 144 valence electrons. The van der Waals surface area contributed by atoms with Gasteiger partial charge in [-0.2, -0.15) is 0 Å². The van der Waals surface area contributed by atoms with Gasteiger partial charge < -0.3 is 10.5 Å². The molecule has 0 fully saturated rings. The molecule has 0 saturated carbocycles. The second-order valence-corrected chi connectivity index (χ2v) is 8.00. The van der Waals surface area contributed by atoms with Crippen LogP contribution in [0.15, 0.2) is 29.3 Å². The van der Waals surface area contributed by atoms with Gasteiger partial charge in [-0.3, -0.25) is 14.4 Å². The van der Waals surface area contributed by atoms with E-state index in [-0.39, 0.29) is 12.4 Å². The molecule has 3 heterocycles. The predicted octanol–water partition coefficient (Wildman–Crippen LogP) is 3.29. The van der Waals surface area contributed by atoms with E-state index in [0.717, 1.165) is 33.2 Å². The fourth-order valence-electron chi connectivity index (χ4n) is 3.41. The summed E-state index contributed by atoms with van der Waals surface area (Å²) in [5.74, 6) is 1.08. The second-order valence-electron chi connectivity index (χ2n) is 6.80. The van der Waals surface area contributed by atoms with Crippen LogP contribution in [0.2, 0.25) is 0 Å². The summed E-state index contributed by atoms with van der Waals surface area (Å²) >= 11 is 1.68. The van der Waals surface area contributed by atoms with Gasteiger partial charge in [0.1, 0.15) is 16.9 Å². The Morgan fingerprint density at radius 3 is 2.61 bits per heavy atom. The van der Waals surface area contributed by atoms with Crippen molar-refractivity contribution in [3.8, 4) is 5.00 Å². The van der Waals surface area contributed by atoms with E-state index < -0.39 is 6.04 Å². The van der Waals surface area contributed by atoms with Gasteiger partial charge in [-0.05, 0) is 38.5 Å². The van der Waals surface area contributed by atoms with Crippen LogP contribution >= 0.6 is 11.3 Å². The number of fused-ring (bicyclic) bond motifs is 3. The highest BCUT2D eigenvalue weighted by molar-refractivity contribution is 7.15. The molecular formula is C20H21N5O2S. The van der Waals surface area contributed by atoms with Crippen molar-refractivity contribution in [3.63, 3.8) is 0 Å². The van der Waals surface area contributed by atoms with Crippen LogP contribution in [0.25, 0.3) is 5.00 Å². The molecule has 4 rings (SSSR count). The Morgan fingerprint density at radius 1 is 1.21 bits per heavy atom. The van der Waals surface area contributed by atoms with Crippen molar-refractivity contribution in [3.05, 3.63) is 57.5 Å². The largest absolute Gasteiger partial charge is 0.469 e. The number of nitrogens with two attached hydrogens (primary N) is 1. The monoisotopic (exact) mass is 395 g/mol. The summed E-state index contributed by atoms with van der Waals surface area (Å²) in [6, 6.07) is 7.15. The average molecular weight is 395 g/mol. The first-order valence-electron chi connectivity index (χ1n) is 8.94. The van der Waals surface area contributed by atoms with E-state index in [0.29, 0.717) is 11.5 Å². The maximum Gasteiger partial charge on any atom is 0.308 e. The number of nitrogens with zero attached hydrogens (tertiary/aromatic N) is 4. The van der Waals surface area contributed by atoms with E-state index in [2.05, 4.69) is 24.0 Å². The summed E-state index contributed by atoms with van der Waals surface area (Å²) in [6.07, 6.45) is 0.0973. The number of aryl methyl sites for hydroxylation is 2. The number of aliphatic imine (C=N–C) groups is 1. The van der Waals surface area contributed by atoms with Gasteiger partial charge in [0.2, 0.25) is 0 Å². The fourth-order valence-corrected chi connectivity index (χ4v) is 4.62. The normalized spacial score (nSPS) is 15.4. The third kappa shape index (κ3) is 2.90. The SMILES string of the molecule is COC(=O)C[C@@H]1N=C(c2ccc(N)cc2)c2c(sc(C)c2C)-n2c(C)nnc21. The van der Waals surface area contributed by atoms with Crippen LogP contribution < -0.4 is 5.73 Å². The Morgan fingerprint density at radius 2 is 1.93 bits per heavy atom. The van der Waals surface area contributed by atoms with E-state index in [1.807, 2.05) is 35.8 Å². The van der Waals surface area contributed by atoms with Crippen molar-refractivity contribution in [1.29, 1.82) is 0 Å². The molecule has 0 aliphatic carbocycles. The van der Waals surface area contributed by atoms with Gasteiger partial charge in [0.05, 0.1) is 19.2 Å². The Bertz CT molecular complexity index is 1090. The first-order valence-corrected chi connectivity index (χ1v) is 9.75. The van der Waals surface area contributed by atoms with Gasteiger partial charge in [-0.25, -0.2) is 0 Å². The minimum atomic E-state index is -0.486. The molecule has 0 unspecified atom stereocenters. The van der Waals surface area contributed by atoms with Gasteiger partial charge in [0, 0.05) is 21.7 Å². The summed E-state index contributed by atoms with van der Waals surface area (Å²) < 4.78 is 6.91. The Kier molecular flexibility index (Phi) is 4.50. The number of nitrogen functional groups attached to an aromatic ring is 1. The molecule has 1 atom stereocenters. The molecule has 8 heteroatoms. The van der Waals surface area contributed by atoms with E-state index in [9.17, 15) is 4.79 Å². The molecule has 2 N–H and O–H groups in total. The zero-order valence-corrected chi connectivity index (χ0v) is 17.0. The zero-order valence-electron chi connectivity index (χ0n) is 16.2. The number of hydrogen-bond donors (Lipinski definition) is 1. The average Bonchev–Trinajstić information content (AvgIpc) is 3.15. The molecule has 3 aromatic rings. The lowest BCUT2D eigenvalue weighted by atomic mass is 9.99. The number of ether oxygens (including phenoxy) is 1. The number of benzene rings is 1. The molecule has 1 aliphatic rings. The summed E-state index contributed by atoms with van der Waals surface area (Å²) in [5.41, 5.74) is 10.5. The predicted molar refractivity (Wildman–Crippen MR) is 109 cm³/mol. The third-order valence-corrected chi connectivity index (χ3v) is 6.20. The van der Waals surface area contributed by atoms with Crippen LogP contribution in [-0.4, -0.2) is 33.6 Å². The molecular weight excluding hydrogens is 374 g/mol. The number of methoxy groups -OCH3 is 1. The standard InChI is InChI=1S/C20H21N5O2S/c1-10-11(2)28-20-17(10)18(13-5-7-14(21)8-6-13)22-15(9-16(26)27-4)19-24-23-12(3)25(19)20/h5-8,15H,9,21H2,1-4H3/t15-/m0/s1. The quantitative estimate of drug-likeness (QED) is 0.542. The summed E-state index contributed by atoms with van der Waals surface area (Å²) in [5, 5.41) is 9.63. The number of anilines is 1. The second kappa shape index (κ2) is 6.87. The number of esters is 1. The highest BCUT2D eigenvalue weighted by Crippen LogP contribution is 2.39. The smallest absolute Gasteiger partial charge is 0.308 e. The Balaban J connectivity index is 2.01. The number of carbonyl (C=O) groups excluding carboxylic acids is 1. The zero-order chi connectivity index (χ0) is 20.0.